The Balaban J connectivity index is 1.70. The summed E-state index contributed by atoms with van der Waals surface area (Å²) in [6.45, 7) is 7.84. The maximum Gasteiger partial charge on any atom is 0.410 e. The van der Waals surface area contributed by atoms with E-state index in [-0.39, 0.29) is 6.09 Å². The number of anilines is 2. The molecule has 0 spiro atoms. The quantitative estimate of drug-likeness (QED) is 0.834. The van der Waals surface area contributed by atoms with Crippen LogP contribution in [0.4, 0.5) is 16.4 Å². The van der Waals surface area contributed by atoms with Gasteiger partial charge < -0.3 is 14.5 Å². The number of hydrogen-bond donors (Lipinski definition) is 0. The molecule has 3 heterocycles. The van der Waals surface area contributed by atoms with E-state index in [0.717, 1.165) is 31.1 Å². The molecule has 1 atom stereocenters. The van der Waals surface area contributed by atoms with Gasteiger partial charge in [-0.1, -0.05) is 12.1 Å². The van der Waals surface area contributed by atoms with Crippen molar-refractivity contribution < 1.29 is 9.53 Å². The Morgan fingerprint density at radius 1 is 1.15 bits per heavy atom. The van der Waals surface area contributed by atoms with Gasteiger partial charge in [-0.2, -0.15) is 0 Å². The molecule has 3 rings (SSSR count). The number of aromatic nitrogens is 2. The Labute approximate surface area is 154 Å². The topological polar surface area (TPSA) is 58.6 Å². The van der Waals surface area contributed by atoms with Gasteiger partial charge in [0.05, 0.1) is 0 Å². The molecular formula is C20H26N4O2. The summed E-state index contributed by atoms with van der Waals surface area (Å²) in [7, 11) is 0. The zero-order chi connectivity index (χ0) is 18.6. The number of ether oxygens (including phenoxy) is 1. The Kier molecular flexibility index (Phi) is 5.40. The Morgan fingerprint density at radius 3 is 2.27 bits per heavy atom. The zero-order valence-electron chi connectivity index (χ0n) is 15.6. The van der Waals surface area contributed by atoms with E-state index in [1.165, 1.54) is 0 Å². The van der Waals surface area contributed by atoms with Crippen molar-refractivity contribution in [3.8, 4) is 0 Å². The molecule has 1 saturated heterocycles. The monoisotopic (exact) mass is 354 g/mol. The van der Waals surface area contributed by atoms with Gasteiger partial charge in [-0.05, 0) is 57.4 Å². The Morgan fingerprint density at radius 2 is 1.77 bits per heavy atom. The maximum atomic E-state index is 12.3. The van der Waals surface area contributed by atoms with Crippen LogP contribution in [0.1, 0.15) is 27.2 Å². The number of amides is 1. The predicted octanol–water partition coefficient (Wildman–Crippen LogP) is 3.87. The minimum absolute atomic E-state index is 0.234. The van der Waals surface area contributed by atoms with Gasteiger partial charge in [-0.3, -0.25) is 0 Å². The van der Waals surface area contributed by atoms with Crippen LogP contribution in [-0.2, 0) is 4.74 Å². The largest absolute Gasteiger partial charge is 0.444 e. The molecular weight excluding hydrogens is 328 g/mol. The fraction of sp³-hybridized carbons (Fsp3) is 0.450. The summed E-state index contributed by atoms with van der Waals surface area (Å²) in [6, 6.07) is 11.7. The summed E-state index contributed by atoms with van der Waals surface area (Å²) >= 11 is 0. The van der Waals surface area contributed by atoms with E-state index in [4.69, 9.17) is 4.74 Å². The summed E-state index contributed by atoms with van der Waals surface area (Å²) in [4.78, 5) is 25.2. The van der Waals surface area contributed by atoms with Crippen molar-refractivity contribution in [2.24, 2.45) is 5.92 Å². The summed E-state index contributed by atoms with van der Waals surface area (Å²) in [5.74, 6) is 2.07. The minimum atomic E-state index is -0.469. The SMILES string of the molecule is CC(C)(C)OC(=O)N1CCC(CN(c2ccccn2)c2ccccn2)C1. The predicted molar refractivity (Wildman–Crippen MR) is 101 cm³/mol. The number of pyridine rings is 2. The van der Waals surface area contributed by atoms with Gasteiger partial charge in [0.15, 0.2) is 0 Å². The summed E-state index contributed by atoms with van der Waals surface area (Å²) in [5, 5.41) is 0. The number of rotatable bonds is 4. The highest BCUT2D eigenvalue weighted by Crippen LogP contribution is 2.26. The highest BCUT2D eigenvalue weighted by Gasteiger charge is 2.31. The summed E-state index contributed by atoms with van der Waals surface area (Å²) in [5.41, 5.74) is -0.469. The van der Waals surface area contributed by atoms with Gasteiger partial charge in [0, 0.05) is 32.0 Å². The second-order valence-electron chi connectivity index (χ2n) is 7.57. The molecule has 2 aromatic heterocycles. The van der Waals surface area contributed by atoms with E-state index >= 15 is 0 Å². The van der Waals surface area contributed by atoms with E-state index in [9.17, 15) is 4.79 Å². The first-order valence-electron chi connectivity index (χ1n) is 9.00. The van der Waals surface area contributed by atoms with Crippen molar-refractivity contribution in [1.82, 2.24) is 14.9 Å². The van der Waals surface area contributed by atoms with E-state index in [1.807, 2.05) is 57.2 Å². The van der Waals surface area contributed by atoms with Crippen molar-refractivity contribution in [1.29, 1.82) is 0 Å². The van der Waals surface area contributed by atoms with Gasteiger partial charge in [-0.25, -0.2) is 14.8 Å². The van der Waals surface area contributed by atoms with Crippen LogP contribution in [0.2, 0.25) is 0 Å². The molecule has 1 fully saturated rings. The van der Waals surface area contributed by atoms with Crippen molar-refractivity contribution in [2.45, 2.75) is 32.8 Å². The average molecular weight is 354 g/mol. The highest BCUT2D eigenvalue weighted by molar-refractivity contribution is 5.68. The van der Waals surface area contributed by atoms with Crippen LogP contribution in [-0.4, -0.2) is 46.2 Å². The lowest BCUT2D eigenvalue weighted by Gasteiger charge is -2.27. The molecule has 0 aromatic carbocycles. The first kappa shape index (κ1) is 18.2. The van der Waals surface area contributed by atoms with Gasteiger partial charge >= 0.3 is 6.09 Å². The van der Waals surface area contributed by atoms with E-state index in [2.05, 4.69) is 14.9 Å². The molecule has 0 aliphatic carbocycles. The van der Waals surface area contributed by atoms with Crippen LogP contribution in [0.25, 0.3) is 0 Å². The lowest BCUT2D eigenvalue weighted by Crippen LogP contribution is -2.36. The molecule has 6 nitrogen and oxygen atoms in total. The smallest absolute Gasteiger partial charge is 0.410 e. The lowest BCUT2D eigenvalue weighted by atomic mass is 10.1. The van der Waals surface area contributed by atoms with Crippen molar-refractivity contribution in [3.05, 3.63) is 48.8 Å². The molecule has 6 heteroatoms. The van der Waals surface area contributed by atoms with E-state index < -0.39 is 5.60 Å². The van der Waals surface area contributed by atoms with Crippen LogP contribution >= 0.6 is 0 Å². The number of carbonyl (C=O) groups excluding carboxylic acids is 1. The maximum absolute atomic E-state index is 12.3. The lowest BCUT2D eigenvalue weighted by molar-refractivity contribution is 0.0289. The molecule has 138 valence electrons. The molecule has 1 aliphatic heterocycles. The molecule has 0 N–H and O–H groups in total. The van der Waals surface area contributed by atoms with E-state index in [0.29, 0.717) is 12.5 Å². The molecule has 1 unspecified atom stereocenters. The third-order valence-corrected chi connectivity index (χ3v) is 4.23. The van der Waals surface area contributed by atoms with Crippen LogP contribution in [0, 0.1) is 5.92 Å². The summed E-state index contributed by atoms with van der Waals surface area (Å²) < 4.78 is 5.49. The van der Waals surface area contributed by atoms with Gasteiger partial charge in [0.2, 0.25) is 0 Å². The third-order valence-electron chi connectivity index (χ3n) is 4.23. The van der Waals surface area contributed by atoms with Crippen LogP contribution < -0.4 is 4.90 Å². The Hall–Kier alpha value is -2.63. The highest BCUT2D eigenvalue weighted by atomic mass is 16.6. The fourth-order valence-electron chi connectivity index (χ4n) is 3.06. The average Bonchev–Trinajstić information content (AvgIpc) is 3.09. The van der Waals surface area contributed by atoms with Gasteiger partial charge in [0.25, 0.3) is 0 Å². The van der Waals surface area contributed by atoms with Gasteiger partial charge in [-0.15, -0.1) is 0 Å². The second kappa shape index (κ2) is 7.72. The van der Waals surface area contributed by atoms with E-state index in [1.54, 1.807) is 17.3 Å². The molecule has 1 aliphatic rings. The molecule has 0 radical (unpaired) electrons. The van der Waals surface area contributed by atoms with Crippen molar-refractivity contribution >= 4 is 17.7 Å². The molecule has 1 amide bonds. The third kappa shape index (κ3) is 4.71. The standard InChI is InChI=1S/C20H26N4O2/c1-20(2,3)26-19(25)23-13-10-16(14-23)15-24(17-8-4-6-11-21-17)18-9-5-7-12-22-18/h4-9,11-12,16H,10,13-15H2,1-3H3. The number of hydrogen-bond acceptors (Lipinski definition) is 5. The normalized spacial score (nSPS) is 17.2. The van der Waals surface area contributed by atoms with Crippen molar-refractivity contribution in [2.75, 3.05) is 24.5 Å². The van der Waals surface area contributed by atoms with Crippen LogP contribution in [0.3, 0.4) is 0 Å². The van der Waals surface area contributed by atoms with Gasteiger partial charge in [0.1, 0.15) is 17.2 Å². The van der Waals surface area contributed by atoms with Crippen LogP contribution in [0.5, 0.6) is 0 Å². The number of likely N-dealkylation sites (tertiary alicyclic amines) is 1. The number of nitrogens with zero attached hydrogens (tertiary/aromatic N) is 4. The minimum Gasteiger partial charge on any atom is -0.444 e. The molecule has 2 aromatic rings. The Bertz CT molecular complexity index is 676. The molecule has 26 heavy (non-hydrogen) atoms. The first-order chi connectivity index (χ1) is 12.4. The van der Waals surface area contributed by atoms with Crippen molar-refractivity contribution in [3.63, 3.8) is 0 Å². The molecule has 0 bridgehead atoms. The first-order valence-corrected chi connectivity index (χ1v) is 9.00. The number of carbonyl (C=O) groups is 1. The zero-order valence-corrected chi connectivity index (χ0v) is 15.6. The summed E-state index contributed by atoms with van der Waals surface area (Å²) in [6.07, 6.45) is 4.28. The second-order valence-corrected chi connectivity index (χ2v) is 7.57. The fourth-order valence-corrected chi connectivity index (χ4v) is 3.06. The molecule has 0 saturated carbocycles. The van der Waals surface area contributed by atoms with Crippen LogP contribution in [0.15, 0.2) is 48.8 Å².